The lowest BCUT2D eigenvalue weighted by molar-refractivity contribution is 0.0715. The standard InChI is InChI=1S/C8H10N2O3/c1-6(2)12-8(11)13-7-3-4-9-5-10-7/h3-6H,1-2H3. The number of carbonyl (C=O) groups is 1. The molecule has 0 saturated carbocycles. The zero-order valence-corrected chi connectivity index (χ0v) is 7.43. The summed E-state index contributed by atoms with van der Waals surface area (Å²) in [4.78, 5) is 18.3. The van der Waals surface area contributed by atoms with Gasteiger partial charge in [0.1, 0.15) is 6.33 Å². The predicted octanol–water partition coefficient (Wildman–Crippen LogP) is 1.40. The summed E-state index contributed by atoms with van der Waals surface area (Å²) in [6, 6.07) is 1.47. The summed E-state index contributed by atoms with van der Waals surface area (Å²) in [5.41, 5.74) is 0. The Balaban J connectivity index is 2.46. The smallest absolute Gasteiger partial charge is 0.431 e. The molecule has 1 aromatic heterocycles. The molecule has 0 aliphatic heterocycles. The highest BCUT2D eigenvalue weighted by Crippen LogP contribution is 2.03. The molecule has 0 amide bonds. The summed E-state index contributed by atoms with van der Waals surface area (Å²) in [5, 5.41) is 0. The number of hydrogen-bond acceptors (Lipinski definition) is 5. The monoisotopic (exact) mass is 182 g/mol. The van der Waals surface area contributed by atoms with Crippen LogP contribution in [-0.2, 0) is 4.74 Å². The Morgan fingerprint density at radius 2 is 2.31 bits per heavy atom. The Kier molecular flexibility index (Phi) is 3.19. The van der Waals surface area contributed by atoms with Crippen molar-refractivity contribution in [3.05, 3.63) is 18.6 Å². The third kappa shape index (κ3) is 3.50. The summed E-state index contributed by atoms with van der Waals surface area (Å²) < 4.78 is 9.45. The second-order valence-electron chi connectivity index (χ2n) is 2.57. The van der Waals surface area contributed by atoms with E-state index >= 15 is 0 Å². The molecule has 0 bridgehead atoms. The molecular formula is C8H10N2O3. The number of ether oxygens (including phenoxy) is 2. The zero-order chi connectivity index (χ0) is 9.68. The third-order valence-electron chi connectivity index (χ3n) is 1.07. The molecule has 0 unspecified atom stereocenters. The summed E-state index contributed by atoms with van der Waals surface area (Å²) in [5.74, 6) is 0.181. The van der Waals surface area contributed by atoms with E-state index in [0.29, 0.717) is 0 Å². The second-order valence-corrected chi connectivity index (χ2v) is 2.57. The minimum Gasteiger partial charge on any atom is -0.431 e. The maximum Gasteiger partial charge on any atom is 0.515 e. The van der Waals surface area contributed by atoms with Crippen LogP contribution in [0.4, 0.5) is 4.79 Å². The number of rotatable bonds is 2. The molecule has 13 heavy (non-hydrogen) atoms. The number of carbonyl (C=O) groups excluding carboxylic acids is 1. The molecule has 0 fully saturated rings. The van der Waals surface area contributed by atoms with Crippen LogP contribution in [0.1, 0.15) is 13.8 Å². The van der Waals surface area contributed by atoms with Gasteiger partial charge in [-0.25, -0.2) is 14.8 Å². The van der Waals surface area contributed by atoms with Gasteiger partial charge in [0.2, 0.25) is 5.88 Å². The molecule has 0 aromatic carbocycles. The second kappa shape index (κ2) is 4.39. The topological polar surface area (TPSA) is 61.3 Å². The average molecular weight is 182 g/mol. The SMILES string of the molecule is CC(C)OC(=O)Oc1ccncn1. The number of aromatic nitrogens is 2. The summed E-state index contributed by atoms with van der Waals surface area (Å²) in [6.07, 6.45) is 1.81. The van der Waals surface area contributed by atoms with E-state index in [1.807, 2.05) is 0 Å². The van der Waals surface area contributed by atoms with E-state index < -0.39 is 6.16 Å². The van der Waals surface area contributed by atoms with Gasteiger partial charge < -0.3 is 9.47 Å². The van der Waals surface area contributed by atoms with E-state index in [1.165, 1.54) is 18.6 Å². The zero-order valence-electron chi connectivity index (χ0n) is 7.43. The van der Waals surface area contributed by atoms with Gasteiger partial charge >= 0.3 is 6.16 Å². The largest absolute Gasteiger partial charge is 0.515 e. The molecule has 1 rings (SSSR count). The molecule has 0 aliphatic rings. The Labute approximate surface area is 75.7 Å². The molecule has 0 N–H and O–H groups in total. The highest BCUT2D eigenvalue weighted by Gasteiger charge is 2.07. The van der Waals surface area contributed by atoms with Crippen LogP contribution in [0.5, 0.6) is 5.88 Å². The summed E-state index contributed by atoms with van der Waals surface area (Å²) in [6.45, 7) is 3.47. The fraction of sp³-hybridized carbons (Fsp3) is 0.375. The molecule has 5 heteroatoms. The van der Waals surface area contributed by atoms with Crippen molar-refractivity contribution in [2.75, 3.05) is 0 Å². The van der Waals surface area contributed by atoms with Crippen molar-refractivity contribution in [1.82, 2.24) is 9.97 Å². The summed E-state index contributed by atoms with van der Waals surface area (Å²) in [7, 11) is 0. The first-order valence-corrected chi connectivity index (χ1v) is 3.83. The number of hydrogen-bond donors (Lipinski definition) is 0. The van der Waals surface area contributed by atoms with Gasteiger partial charge in [-0.05, 0) is 13.8 Å². The molecule has 1 heterocycles. The quantitative estimate of drug-likeness (QED) is 0.647. The van der Waals surface area contributed by atoms with E-state index in [-0.39, 0.29) is 12.0 Å². The van der Waals surface area contributed by atoms with Gasteiger partial charge in [-0.2, -0.15) is 0 Å². The van der Waals surface area contributed by atoms with Gasteiger partial charge in [0.15, 0.2) is 0 Å². The molecular weight excluding hydrogens is 172 g/mol. The van der Waals surface area contributed by atoms with Gasteiger partial charge in [-0.1, -0.05) is 0 Å². The highest BCUT2D eigenvalue weighted by atomic mass is 16.7. The Bertz CT molecular complexity index is 274. The minimum absolute atomic E-state index is 0.181. The van der Waals surface area contributed by atoms with Crippen molar-refractivity contribution in [1.29, 1.82) is 0 Å². The Hall–Kier alpha value is -1.65. The van der Waals surface area contributed by atoms with E-state index in [1.54, 1.807) is 13.8 Å². The van der Waals surface area contributed by atoms with Crippen LogP contribution in [0.15, 0.2) is 18.6 Å². The molecule has 0 aliphatic carbocycles. The van der Waals surface area contributed by atoms with Gasteiger partial charge in [-0.15, -0.1) is 0 Å². The fourth-order valence-electron chi connectivity index (χ4n) is 0.641. The van der Waals surface area contributed by atoms with Crippen molar-refractivity contribution in [2.24, 2.45) is 0 Å². The van der Waals surface area contributed by atoms with E-state index in [2.05, 4.69) is 9.97 Å². The van der Waals surface area contributed by atoms with E-state index in [0.717, 1.165) is 0 Å². The summed E-state index contributed by atoms with van der Waals surface area (Å²) >= 11 is 0. The van der Waals surface area contributed by atoms with E-state index in [4.69, 9.17) is 9.47 Å². The Morgan fingerprint density at radius 3 is 2.85 bits per heavy atom. The lowest BCUT2D eigenvalue weighted by Crippen LogP contribution is -2.16. The average Bonchev–Trinajstić information content (AvgIpc) is 2.04. The van der Waals surface area contributed by atoms with Crippen LogP contribution in [0.25, 0.3) is 0 Å². The molecule has 5 nitrogen and oxygen atoms in total. The van der Waals surface area contributed by atoms with Crippen molar-refractivity contribution in [3.8, 4) is 5.88 Å². The Morgan fingerprint density at radius 1 is 1.54 bits per heavy atom. The lowest BCUT2D eigenvalue weighted by atomic mass is 10.5. The third-order valence-corrected chi connectivity index (χ3v) is 1.07. The van der Waals surface area contributed by atoms with Crippen LogP contribution in [0.2, 0.25) is 0 Å². The molecule has 0 spiro atoms. The van der Waals surface area contributed by atoms with Gasteiger partial charge in [0, 0.05) is 12.3 Å². The molecule has 1 aromatic rings. The van der Waals surface area contributed by atoms with Crippen molar-refractivity contribution in [3.63, 3.8) is 0 Å². The van der Waals surface area contributed by atoms with Crippen molar-refractivity contribution in [2.45, 2.75) is 20.0 Å². The van der Waals surface area contributed by atoms with Crippen LogP contribution in [-0.4, -0.2) is 22.2 Å². The maximum atomic E-state index is 10.9. The van der Waals surface area contributed by atoms with Crippen LogP contribution >= 0.6 is 0 Å². The molecule has 70 valence electrons. The maximum absolute atomic E-state index is 10.9. The predicted molar refractivity (Wildman–Crippen MR) is 44.3 cm³/mol. The molecule has 0 atom stereocenters. The van der Waals surface area contributed by atoms with Crippen LogP contribution in [0, 0.1) is 0 Å². The molecule has 0 radical (unpaired) electrons. The van der Waals surface area contributed by atoms with Crippen LogP contribution in [0.3, 0.4) is 0 Å². The highest BCUT2D eigenvalue weighted by molar-refractivity contribution is 5.63. The van der Waals surface area contributed by atoms with Crippen molar-refractivity contribution < 1.29 is 14.3 Å². The van der Waals surface area contributed by atoms with Crippen LogP contribution < -0.4 is 4.74 Å². The van der Waals surface area contributed by atoms with Gasteiger partial charge in [0.25, 0.3) is 0 Å². The van der Waals surface area contributed by atoms with Gasteiger partial charge in [-0.3, -0.25) is 0 Å². The lowest BCUT2D eigenvalue weighted by Gasteiger charge is -2.06. The van der Waals surface area contributed by atoms with E-state index in [9.17, 15) is 4.79 Å². The first kappa shape index (κ1) is 9.44. The number of nitrogens with zero attached hydrogens (tertiary/aromatic N) is 2. The normalized spacial score (nSPS) is 9.77. The molecule has 0 saturated heterocycles. The van der Waals surface area contributed by atoms with Gasteiger partial charge in [0.05, 0.1) is 6.10 Å². The van der Waals surface area contributed by atoms with Crippen molar-refractivity contribution >= 4 is 6.16 Å². The minimum atomic E-state index is -0.756. The first-order chi connectivity index (χ1) is 6.18. The first-order valence-electron chi connectivity index (χ1n) is 3.83. The fourth-order valence-corrected chi connectivity index (χ4v) is 0.641.